The maximum atomic E-state index is 13.4. The summed E-state index contributed by atoms with van der Waals surface area (Å²) in [4.78, 5) is 13.4. The predicted octanol–water partition coefficient (Wildman–Crippen LogP) is 20.3. The molecule has 12 unspecified atom stereocenters. The third-order valence-electron chi connectivity index (χ3n) is 21.8. The fourth-order valence-electron chi connectivity index (χ4n) is 15.0. The number of amides is 1. The van der Waals surface area contributed by atoms with Gasteiger partial charge in [0, 0.05) is 6.42 Å². The van der Waals surface area contributed by atoms with Gasteiger partial charge in [-0.15, -0.1) is 0 Å². The van der Waals surface area contributed by atoms with Crippen molar-refractivity contribution in [1.29, 1.82) is 0 Å². The molecule has 2 heterocycles. The van der Waals surface area contributed by atoms with Crippen LogP contribution in [0.5, 0.6) is 0 Å². The molecule has 2 aliphatic heterocycles. The minimum absolute atomic E-state index is 0.194. The van der Waals surface area contributed by atoms with E-state index in [4.69, 9.17) is 18.9 Å². The van der Waals surface area contributed by atoms with E-state index in [1.165, 1.54) is 360 Å². The number of nitrogens with one attached hydrogen (secondary N) is 1. The Morgan fingerprint density at radius 3 is 0.867 bits per heavy atom. The van der Waals surface area contributed by atoms with Crippen molar-refractivity contribution >= 4 is 5.91 Å². The summed E-state index contributed by atoms with van der Waals surface area (Å²) in [6.45, 7) is 2.95. The highest BCUT2D eigenvalue weighted by Crippen LogP contribution is 2.31. The van der Waals surface area contributed by atoms with Crippen LogP contribution in [0.4, 0.5) is 0 Å². The first-order valence-electron chi connectivity index (χ1n) is 43.3. The lowest BCUT2D eigenvalue weighted by molar-refractivity contribution is -0.359. The van der Waals surface area contributed by atoms with Gasteiger partial charge in [-0.1, -0.05) is 418 Å². The lowest BCUT2D eigenvalue weighted by Gasteiger charge is -2.46. The first-order chi connectivity index (χ1) is 48.1. The molecule has 2 aliphatic rings. The van der Waals surface area contributed by atoms with E-state index in [1.807, 2.05) is 0 Å². The first-order valence-corrected chi connectivity index (χ1v) is 43.3. The number of hydrogen-bond acceptors (Lipinski definition) is 13. The molecule has 0 aromatic carbocycles. The van der Waals surface area contributed by atoms with Crippen LogP contribution >= 0.6 is 0 Å². The van der Waals surface area contributed by atoms with Gasteiger partial charge in [0.25, 0.3) is 0 Å². The molecule has 0 saturated carbocycles. The molecule has 9 N–H and O–H groups in total. The van der Waals surface area contributed by atoms with Crippen LogP contribution in [0, 0.1) is 0 Å². The average Bonchev–Trinajstić information content (AvgIpc) is 0.793. The van der Waals surface area contributed by atoms with Gasteiger partial charge in [-0.05, 0) is 12.8 Å². The van der Waals surface area contributed by atoms with Gasteiger partial charge in [0.15, 0.2) is 12.6 Å². The smallest absolute Gasteiger partial charge is 0.220 e. The molecule has 0 radical (unpaired) electrons. The second-order valence-electron chi connectivity index (χ2n) is 31.0. The van der Waals surface area contributed by atoms with Gasteiger partial charge in [-0.25, -0.2) is 0 Å². The Morgan fingerprint density at radius 1 is 0.327 bits per heavy atom. The normalized spacial score (nSPS) is 21.9. The Kier molecular flexibility index (Phi) is 65.6. The number of aliphatic hydroxyl groups excluding tert-OH is 8. The van der Waals surface area contributed by atoms with Gasteiger partial charge >= 0.3 is 0 Å². The minimum atomic E-state index is -1.78. The molecule has 12 atom stereocenters. The Bertz CT molecular complexity index is 1650. The van der Waals surface area contributed by atoms with Crippen molar-refractivity contribution in [3.05, 3.63) is 0 Å². The van der Waals surface area contributed by atoms with Crippen molar-refractivity contribution in [1.82, 2.24) is 5.32 Å². The molecular weight excluding hydrogens is 1230 g/mol. The summed E-state index contributed by atoms with van der Waals surface area (Å²) in [5, 5.41) is 87.9. The van der Waals surface area contributed by atoms with E-state index in [0.29, 0.717) is 12.8 Å². The highest BCUT2D eigenvalue weighted by molar-refractivity contribution is 5.76. The summed E-state index contributed by atoms with van der Waals surface area (Å²) in [5.41, 5.74) is 0. The zero-order chi connectivity index (χ0) is 70.8. The van der Waals surface area contributed by atoms with Crippen molar-refractivity contribution in [2.45, 2.75) is 511 Å². The van der Waals surface area contributed by atoms with Crippen LogP contribution in [0.3, 0.4) is 0 Å². The lowest BCUT2D eigenvalue weighted by atomic mass is 9.97. The molecule has 0 aromatic rings. The molecule has 2 rings (SSSR count). The molecule has 14 heteroatoms. The number of aliphatic hydroxyl groups is 8. The summed E-state index contributed by atoms with van der Waals surface area (Å²) < 4.78 is 23.0. The SMILES string of the molecule is CCCCCCCCCCCCCCCCCCCCCCCCCCCCCCCCCCCCCCCCC(=O)NC(COC1OC(CO)C(OC2OC(CO)C(O)C(O)C2O)C(O)C1O)C(O)CCCCCCCCCCCCCCCCCCCCCCCCCCCC. The Balaban J connectivity index is 1.55. The Morgan fingerprint density at radius 2 is 0.582 bits per heavy atom. The monoisotopic (exact) mass is 1400 g/mol. The molecule has 0 bridgehead atoms. The van der Waals surface area contributed by atoms with Gasteiger partial charge in [0.1, 0.15) is 48.8 Å². The molecule has 2 saturated heterocycles. The highest BCUT2D eigenvalue weighted by atomic mass is 16.7. The van der Waals surface area contributed by atoms with Gasteiger partial charge in [-0.3, -0.25) is 4.79 Å². The van der Waals surface area contributed by atoms with Crippen LogP contribution in [-0.2, 0) is 23.7 Å². The van der Waals surface area contributed by atoms with E-state index in [2.05, 4.69) is 19.2 Å². The standard InChI is InChI=1S/C84H165NO13/c1-3-5-7-9-11-13-15-17-19-21-23-25-27-29-31-32-33-34-35-36-37-38-39-40-41-42-44-46-48-50-52-54-56-58-60-62-64-66-68-76(89)85-72(71-95-83-81(94)79(92)82(75(70-87)97-83)98-84-80(93)78(91)77(90)74(69-86)96-84)73(88)67-65-63-61-59-57-55-53-51-49-47-45-43-30-28-26-24-22-20-18-16-14-12-10-8-6-4-2/h72-75,77-84,86-88,90-94H,3-71H2,1-2H3,(H,85,89). The van der Waals surface area contributed by atoms with Crippen LogP contribution in [0.25, 0.3) is 0 Å². The third-order valence-corrected chi connectivity index (χ3v) is 21.8. The first kappa shape index (κ1) is 93.1. The van der Waals surface area contributed by atoms with Gasteiger partial charge in [0.2, 0.25) is 5.91 Å². The fourth-order valence-corrected chi connectivity index (χ4v) is 15.0. The summed E-state index contributed by atoms with van der Waals surface area (Å²) in [5.74, 6) is -0.194. The van der Waals surface area contributed by atoms with E-state index in [0.717, 1.165) is 51.4 Å². The largest absolute Gasteiger partial charge is 0.394 e. The number of hydrogen-bond donors (Lipinski definition) is 9. The number of ether oxygens (including phenoxy) is 4. The summed E-state index contributed by atoms with van der Waals surface area (Å²) in [6, 6.07) is -0.826. The second kappa shape index (κ2) is 69.1. The molecule has 98 heavy (non-hydrogen) atoms. The fraction of sp³-hybridized carbons (Fsp3) is 0.988. The zero-order valence-electron chi connectivity index (χ0n) is 64.3. The average molecular weight is 1400 g/mol. The molecule has 584 valence electrons. The number of unbranched alkanes of at least 4 members (excludes halogenated alkanes) is 62. The van der Waals surface area contributed by atoms with Crippen LogP contribution in [-0.4, -0.2) is 140 Å². The summed E-state index contributed by atoms with van der Waals surface area (Å²) in [7, 11) is 0. The molecule has 2 fully saturated rings. The number of carbonyl (C=O) groups excluding carboxylic acids is 1. The summed E-state index contributed by atoms with van der Waals surface area (Å²) >= 11 is 0. The Hall–Kier alpha value is -1.01. The zero-order valence-corrected chi connectivity index (χ0v) is 64.3. The van der Waals surface area contributed by atoms with E-state index in [9.17, 15) is 45.6 Å². The molecule has 0 aliphatic carbocycles. The van der Waals surface area contributed by atoms with Crippen LogP contribution in [0.15, 0.2) is 0 Å². The van der Waals surface area contributed by atoms with E-state index in [1.54, 1.807) is 0 Å². The van der Waals surface area contributed by atoms with Gasteiger partial charge in [-0.2, -0.15) is 0 Å². The molecular formula is C84H165NO13. The van der Waals surface area contributed by atoms with Crippen LogP contribution in [0.2, 0.25) is 0 Å². The molecule has 1 amide bonds. The lowest BCUT2D eigenvalue weighted by Crippen LogP contribution is -2.65. The second-order valence-corrected chi connectivity index (χ2v) is 31.0. The molecule has 14 nitrogen and oxygen atoms in total. The number of carbonyl (C=O) groups is 1. The minimum Gasteiger partial charge on any atom is -0.394 e. The number of rotatable bonds is 75. The van der Waals surface area contributed by atoms with E-state index in [-0.39, 0.29) is 12.5 Å². The maximum Gasteiger partial charge on any atom is 0.220 e. The Labute approximate surface area is 604 Å². The van der Waals surface area contributed by atoms with Crippen LogP contribution < -0.4 is 5.32 Å². The van der Waals surface area contributed by atoms with Crippen molar-refractivity contribution in [2.75, 3.05) is 19.8 Å². The van der Waals surface area contributed by atoms with Crippen LogP contribution in [0.1, 0.15) is 438 Å². The highest BCUT2D eigenvalue weighted by Gasteiger charge is 2.51. The van der Waals surface area contributed by atoms with Crippen molar-refractivity contribution in [2.24, 2.45) is 0 Å². The van der Waals surface area contributed by atoms with E-state index < -0.39 is 86.8 Å². The third kappa shape index (κ3) is 51.2. The molecule has 0 spiro atoms. The summed E-state index contributed by atoms with van der Waals surface area (Å²) in [6.07, 6.45) is 70.3. The van der Waals surface area contributed by atoms with Crippen molar-refractivity contribution < 1.29 is 64.6 Å². The van der Waals surface area contributed by atoms with Gasteiger partial charge < -0.3 is 65.1 Å². The topological polar surface area (TPSA) is 228 Å². The van der Waals surface area contributed by atoms with E-state index >= 15 is 0 Å². The quantitative estimate of drug-likeness (QED) is 0.0259. The molecule has 0 aromatic heterocycles. The predicted molar refractivity (Wildman–Crippen MR) is 406 cm³/mol. The van der Waals surface area contributed by atoms with Crippen molar-refractivity contribution in [3.8, 4) is 0 Å². The van der Waals surface area contributed by atoms with Crippen molar-refractivity contribution in [3.63, 3.8) is 0 Å². The maximum absolute atomic E-state index is 13.4. The van der Waals surface area contributed by atoms with Gasteiger partial charge in [0.05, 0.1) is 32.0 Å².